The van der Waals surface area contributed by atoms with Crippen molar-refractivity contribution < 1.29 is 0 Å². The molecule has 39 heavy (non-hydrogen) atoms. The van der Waals surface area contributed by atoms with Gasteiger partial charge in [-0.25, -0.2) is 0 Å². The molecule has 0 amide bonds. The highest BCUT2D eigenvalue weighted by atomic mass is 15.0. The van der Waals surface area contributed by atoms with Crippen LogP contribution in [-0.2, 0) is 6.42 Å². The highest BCUT2D eigenvalue weighted by molar-refractivity contribution is 5.14. The SMILES string of the molecule is C=C(CCc1cccnc1)NC(CC)C(=C)N[C@@H](CC(C)C)C(C)CC(C)C(=C)N[C@@H](CC(C)C)C(=C)NC. The van der Waals surface area contributed by atoms with E-state index in [1.807, 2.05) is 25.5 Å². The van der Waals surface area contributed by atoms with E-state index in [0.29, 0.717) is 29.7 Å². The molecule has 0 aromatic carbocycles. The van der Waals surface area contributed by atoms with E-state index < -0.39 is 0 Å². The van der Waals surface area contributed by atoms with E-state index in [1.165, 1.54) is 5.56 Å². The van der Waals surface area contributed by atoms with Crippen LogP contribution >= 0.6 is 0 Å². The van der Waals surface area contributed by atoms with E-state index in [4.69, 9.17) is 0 Å². The molecular formula is C34H59N5. The molecule has 0 saturated heterocycles. The molecule has 0 radical (unpaired) electrons. The van der Waals surface area contributed by atoms with Crippen LogP contribution in [0, 0.1) is 23.7 Å². The van der Waals surface area contributed by atoms with Crippen LogP contribution in [0.25, 0.3) is 0 Å². The lowest BCUT2D eigenvalue weighted by molar-refractivity contribution is 0.293. The quantitative estimate of drug-likeness (QED) is 0.132. The second-order valence-electron chi connectivity index (χ2n) is 12.2. The first-order valence-electron chi connectivity index (χ1n) is 15.0. The molecule has 5 heteroatoms. The molecule has 0 fully saturated rings. The van der Waals surface area contributed by atoms with Crippen molar-refractivity contribution in [1.29, 1.82) is 0 Å². The number of rotatable bonds is 21. The first kappa shape index (κ1) is 34.3. The van der Waals surface area contributed by atoms with Crippen molar-refractivity contribution in [3.8, 4) is 0 Å². The Balaban J connectivity index is 2.77. The van der Waals surface area contributed by atoms with Gasteiger partial charge < -0.3 is 21.3 Å². The number of pyridine rings is 1. The fourth-order valence-electron chi connectivity index (χ4n) is 5.04. The van der Waals surface area contributed by atoms with Crippen LogP contribution in [0.4, 0.5) is 0 Å². The van der Waals surface area contributed by atoms with Crippen LogP contribution < -0.4 is 21.3 Å². The van der Waals surface area contributed by atoms with Crippen molar-refractivity contribution in [3.05, 3.63) is 79.2 Å². The van der Waals surface area contributed by atoms with Gasteiger partial charge in [0.2, 0.25) is 0 Å². The zero-order valence-electron chi connectivity index (χ0n) is 26.4. The number of nitrogens with zero attached hydrogens (tertiary/aromatic N) is 1. The zero-order chi connectivity index (χ0) is 29.5. The molecule has 0 saturated carbocycles. The first-order chi connectivity index (χ1) is 18.4. The predicted molar refractivity (Wildman–Crippen MR) is 171 cm³/mol. The van der Waals surface area contributed by atoms with Gasteiger partial charge >= 0.3 is 0 Å². The van der Waals surface area contributed by atoms with Gasteiger partial charge in [0.15, 0.2) is 0 Å². The van der Waals surface area contributed by atoms with Gasteiger partial charge in [0.1, 0.15) is 0 Å². The Kier molecular flexibility index (Phi) is 15.7. The molecule has 1 aromatic heterocycles. The molecule has 3 unspecified atom stereocenters. The van der Waals surface area contributed by atoms with Crippen LogP contribution in [0.5, 0.6) is 0 Å². The minimum atomic E-state index is 0.145. The fraction of sp³-hybridized carbons (Fsp3) is 0.618. The van der Waals surface area contributed by atoms with Crippen LogP contribution in [0.15, 0.2) is 73.6 Å². The van der Waals surface area contributed by atoms with E-state index in [0.717, 1.165) is 61.3 Å². The molecule has 0 aliphatic rings. The predicted octanol–water partition coefficient (Wildman–Crippen LogP) is 7.33. The maximum absolute atomic E-state index is 4.47. The lowest BCUT2D eigenvalue weighted by Crippen LogP contribution is -2.43. The van der Waals surface area contributed by atoms with Crippen molar-refractivity contribution in [2.75, 3.05) is 7.05 Å². The zero-order valence-corrected chi connectivity index (χ0v) is 26.4. The van der Waals surface area contributed by atoms with Gasteiger partial charge in [-0.3, -0.25) is 4.98 Å². The highest BCUT2D eigenvalue weighted by Crippen LogP contribution is 2.25. The van der Waals surface area contributed by atoms with Gasteiger partial charge in [-0.1, -0.05) is 80.8 Å². The number of nitrogens with one attached hydrogen (secondary N) is 4. The Morgan fingerprint density at radius 1 is 0.821 bits per heavy atom. The smallest absolute Gasteiger partial charge is 0.0653 e. The Morgan fingerprint density at radius 2 is 1.49 bits per heavy atom. The van der Waals surface area contributed by atoms with E-state index in [1.54, 1.807) is 0 Å². The molecule has 0 aliphatic carbocycles. The van der Waals surface area contributed by atoms with Crippen molar-refractivity contribution in [2.24, 2.45) is 23.7 Å². The Hall–Kier alpha value is -2.69. The molecule has 4 N–H and O–H groups in total. The van der Waals surface area contributed by atoms with Crippen LogP contribution in [0.3, 0.4) is 0 Å². The molecule has 1 heterocycles. The maximum Gasteiger partial charge on any atom is 0.0653 e. The average Bonchev–Trinajstić information content (AvgIpc) is 2.89. The maximum atomic E-state index is 4.47. The monoisotopic (exact) mass is 537 g/mol. The van der Waals surface area contributed by atoms with Gasteiger partial charge in [-0.15, -0.1) is 0 Å². The van der Waals surface area contributed by atoms with Gasteiger partial charge in [0.05, 0.1) is 12.1 Å². The summed E-state index contributed by atoms with van der Waals surface area (Å²) in [5, 5.41) is 14.4. The van der Waals surface area contributed by atoms with E-state index in [2.05, 4.69) is 107 Å². The number of likely N-dealkylation sites (N-methyl/N-ethyl adjacent to an activating group) is 1. The Bertz CT molecular complexity index is 888. The molecule has 5 atom stereocenters. The lowest BCUT2D eigenvalue weighted by Gasteiger charge is -2.34. The van der Waals surface area contributed by atoms with Gasteiger partial charge in [-0.2, -0.15) is 0 Å². The summed E-state index contributed by atoms with van der Waals surface area (Å²) >= 11 is 0. The van der Waals surface area contributed by atoms with Crippen molar-refractivity contribution in [1.82, 2.24) is 26.3 Å². The standard InChI is InChI=1S/C34H59N5/c1-13-32(37-27(8)16-17-31-15-14-18-36-22-31)30(11)39-33(19-23(2)3)26(7)21-25(6)28(9)38-34(20-24(4)5)29(10)35-12/h14-15,18,22-26,32-35,37-39H,8-11,13,16-17,19-21H2,1-7,12H3/t25?,26?,32?,33-,34-/m0/s1. The van der Waals surface area contributed by atoms with Gasteiger partial charge in [0.25, 0.3) is 0 Å². The third-order valence-corrected chi connectivity index (χ3v) is 7.56. The number of allylic oxidation sites excluding steroid dienone is 2. The summed E-state index contributed by atoms with van der Waals surface area (Å²) in [6.07, 6.45) is 9.66. The van der Waals surface area contributed by atoms with Gasteiger partial charge in [0, 0.05) is 48.3 Å². The van der Waals surface area contributed by atoms with E-state index in [-0.39, 0.29) is 12.1 Å². The van der Waals surface area contributed by atoms with E-state index in [9.17, 15) is 0 Å². The molecule has 0 bridgehead atoms. The summed E-state index contributed by atoms with van der Waals surface area (Å²) in [5.74, 6) is 1.97. The minimum absolute atomic E-state index is 0.145. The van der Waals surface area contributed by atoms with Crippen LogP contribution in [-0.4, -0.2) is 30.2 Å². The van der Waals surface area contributed by atoms with E-state index >= 15 is 0 Å². The normalized spacial score (nSPS) is 15.1. The summed E-state index contributed by atoms with van der Waals surface area (Å²) in [7, 11) is 1.94. The minimum Gasteiger partial charge on any atom is -0.390 e. The molecule has 220 valence electrons. The number of hydrogen-bond acceptors (Lipinski definition) is 5. The average molecular weight is 538 g/mol. The molecule has 0 spiro atoms. The topological polar surface area (TPSA) is 61.0 Å². The largest absolute Gasteiger partial charge is 0.390 e. The number of hydrogen-bond donors (Lipinski definition) is 4. The number of aryl methyl sites for hydroxylation is 1. The fourth-order valence-corrected chi connectivity index (χ4v) is 5.04. The van der Waals surface area contributed by atoms with Crippen molar-refractivity contribution in [3.63, 3.8) is 0 Å². The Labute approximate surface area is 241 Å². The highest BCUT2D eigenvalue weighted by Gasteiger charge is 2.25. The molecular weight excluding hydrogens is 478 g/mol. The van der Waals surface area contributed by atoms with Crippen molar-refractivity contribution >= 4 is 0 Å². The summed E-state index contributed by atoms with van der Waals surface area (Å²) in [5.41, 5.74) is 5.42. The molecule has 1 rings (SSSR count). The van der Waals surface area contributed by atoms with Crippen LogP contribution in [0.2, 0.25) is 0 Å². The summed E-state index contributed by atoms with van der Waals surface area (Å²) < 4.78 is 0. The van der Waals surface area contributed by atoms with Gasteiger partial charge in [-0.05, 0) is 73.8 Å². The third-order valence-electron chi connectivity index (χ3n) is 7.56. The molecule has 0 aliphatic heterocycles. The summed E-state index contributed by atoms with van der Waals surface area (Å²) in [6.45, 7) is 33.3. The van der Waals surface area contributed by atoms with Crippen molar-refractivity contribution in [2.45, 2.75) is 105 Å². The van der Waals surface area contributed by atoms with Crippen LogP contribution in [0.1, 0.15) is 86.1 Å². The first-order valence-corrected chi connectivity index (χ1v) is 15.0. The lowest BCUT2D eigenvalue weighted by atomic mass is 9.85. The third kappa shape index (κ3) is 13.3. The molecule has 5 nitrogen and oxygen atoms in total. The summed E-state index contributed by atoms with van der Waals surface area (Å²) in [4.78, 5) is 4.22. The second kappa shape index (κ2) is 17.8. The Morgan fingerprint density at radius 3 is 2.03 bits per heavy atom. The second-order valence-corrected chi connectivity index (χ2v) is 12.2. The number of aromatic nitrogens is 1. The molecule has 1 aromatic rings. The summed E-state index contributed by atoms with van der Waals surface area (Å²) in [6, 6.07) is 4.77.